The summed E-state index contributed by atoms with van der Waals surface area (Å²) >= 11 is 4.12. The third-order valence-corrected chi connectivity index (χ3v) is 2.59. The van der Waals surface area contributed by atoms with Crippen molar-refractivity contribution in [3.05, 3.63) is 23.3 Å². The van der Waals surface area contributed by atoms with Crippen LogP contribution in [-0.2, 0) is 6.18 Å². The molecule has 0 heterocycles. The highest BCUT2D eigenvalue weighted by Gasteiger charge is 2.36. The van der Waals surface area contributed by atoms with Crippen LogP contribution >= 0.6 is 12.6 Å². The van der Waals surface area contributed by atoms with Crippen LogP contribution in [0.2, 0.25) is 0 Å². The van der Waals surface area contributed by atoms with Crippen LogP contribution in [0.5, 0.6) is 11.5 Å². The first-order chi connectivity index (χ1) is 7.81. The minimum atomic E-state index is -4.49. The lowest BCUT2D eigenvalue weighted by Crippen LogP contribution is -2.09. The van der Waals surface area contributed by atoms with Gasteiger partial charge in [-0.2, -0.15) is 25.8 Å². The van der Waals surface area contributed by atoms with Crippen molar-refractivity contribution in [3.8, 4) is 11.5 Å². The van der Waals surface area contributed by atoms with Gasteiger partial charge in [0.1, 0.15) is 5.56 Å². The van der Waals surface area contributed by atoms with Crippen molar-refractivity contribution in [2.75, 3.05) is 14.2 Å². The van der Waals surface area contributed by atoms with Gasteiger partial charge < -0.3 is 9.47 Å². The van der Waals surface area contributed by atoms with E-state index in [9.17, 15) is 13.2 Å². The lowest BCUT2D eigenvalue weighted by atomic mass is 10.1. The van der Waals surface area contributed by atoms with Gasteiger partial charge in [0, 0.05) is 5.25 Å². The third-order valence-electron chi connectivity index (χ3n) is 2.29. The predicted octanol–water partition coefficient (Wildman–Crippen LogP) is 3.71. The van der Waals surface area contributed by atoms with Crippen LogP contribution in [0.3, 0.4) is 0 Å². The number of hydrogen-bond donors (Lipinski definition) is 1. The van der Waals surface area contributed by atoms with Gasteiger partial charge in [0.2, 0.25) is 0 Å². The fraction of sp³-hybridized carbons (Fsp3) is 0.455. The molecule has 0 spiro atoms. The lowest BCUT2D eigenvalue weighted by Gasteiger charge is -2.17. The predicted molar refractivity (Wildman–Crippen MR) is 61.9 cm³/mol. The van der Waals surface area contributed by atoms with Crippen LogP contribution in [0.4, 0.5) is 13.2 Å². The number of halogens is 3. The molecule has 6 heteroatoms. The van der Waals surface area contributed by atoms with Crippen LogP contribution < -0.4 is 9.47 Å². The third kappa shape index (κ3) is 3.00. The first-order valence-electron chi connectivity index (χ1n) is 4.82. The largest absolute Gasteiger partial charge is 0.493 e. The number of benzene rings is 1. The summed E-state index contributed by atoms with van der Waals surface area (Å²) in [5, 5.41) is -0.323. The molecule has 0 amide bonds. The van der Waals surface area contributed by atoms with Crippen molar-refractivity contribution in [1.82, 2.24) is 0 Å². The van der Waals surface area contributed by atoms with Gasteiger partial charge in [0.15, 0.2) is 11.5 Å². The molecule has 0 bridgehead atoms. The summed E-state index contributed by atoms with van der Waals surface area (Å²) in [4.78, 5) is 0. The molecule has 0 saturated carbocycles. The highest BCUT2D eigenvalue weighted by molar-refractivity contribution is 7.80. The Morgan fingerprint density at radius 2 is 1.76 bits per heavy atom. The van der Waals surface area contributed by atoms with E-state index in [0.717, 1.165) is 6.07 Å². The molecule has 1 atom stereocenters. The molecular formula is C11H13F3O2S. The van der Waals surface area contributed by atoms with E-state index in [2.05, 4.69) is 12.6 Å². The monoisotopic (exact) mass is 266 g/mol. The Labute approximate surface area is 103 Å². The zero-order chi connectivity index (χ0) is 13.2. The Bertz CT molecular complexity index is 402. The second-order valence-electron chi connectivity index (χ2n) is 3.48. The summed E-state index contributed by atoms with van der Waals surface area (Å²) in [5.74, 6) is -0.254. The average Bonchev–Trinajstić information content (AvgIpc) is 2.25. The number of rotatable bonds is 3. The summed E-state index contributed by atoms with van der Waals surface area (Å²) in [6.07, 6.45) is -4.49. The van der Waals surface area contributed by atoms with Crippen LogP contribution in [0, 0.1) is 0 Å². The second-order valence-corrected chi connectivity index (χ2v) is 4.25. The molecule has 0 aromatic heterocycles. The van der Waals surface area contributed by atoms with Gasteiger partial charge in [-0.3, -0.25) is 0 Å². The lowest BCUT2D eigenvalue weighted by molar-refractivity contribution is -0.138. The standard InChI is InChI=1S/C11H13F3O2S/c1-6(17)7-4-8(11(12,13)14)10(16-3)9(5-7)15-2/h4-6,17H,1-3H3. The summed E-state index contributed by atoms with van der Waals surface area (Å²) in [6.45, 7) is 1.69. The van der Waals surface area contributed by atoms with E-state index in [-0.39, 0.29) is 16.7 Å². The molecule has 0 saturated heterocycles. The van der Waals surface area contributed by atoms with E-state index >= 15 is 0 Å². The Hall–Kier alpha value is -1.04. The Kier molecular flexibility index (Phi) is 4.19. The van der Waals surface area contributed by atoms with Gasteiger partial charge in [-0.1, -0.05) is 0 Å². The maximum absolute atomic E-state index is 12.8. The molecule has 2 nitrogen and oxygen atoms in total. The highest BCUT2D eigenvalue weighted by Crippen LogP contribution is 2.43. The smallest absolute Gasteiger partial charge is 0.420 e. The van der Waals surface area contributed by atoms with E-state index in [4.69, 9.17) is 9.47 Å². The van der Waals surface area contributed by atoms with E-state index in [0.29, 0.717) is 5.56 Å². The van der Waals surface area contributed by atoms with E-state index in [1.165, 1.54) is 20.3 Å². The van der Waals surface area contributed by atoms with E-state index in [1.54, 1.807) is 6.92 Å². The molecule has 1 aromatic rings. The Morgan fingerprint density at radius 1 is 1.18 bits per heavy atom. The van der Waals surface area contributed by atoms with Crippen LogP contribution in [0.25, 0.3) is 0 Å². The summed E-state index contributed by atoms with van der Waals surface area (Å²) in [6, 6.07) is 2.52. The zero-order valence-corrected chi connectivity index (χ0v) is 10.5. The molecule has 17 heavy (non-hydrogen) atoms. The number of methoxy groups -OCH3 is 2. The maximum atomic E-state index is 12.8. The number of ether oxygens (including phenoxy) is 2. The van der Waals surface area contributed by atoms with Crippen molar-refractivity contribution >= 4 is 12.6 Å². The van der Waals surface area contributed by atoms with E-state index < -0.39 is 11.7 Å². The van der Waals surface area contributed by atoms with Crippen molar-refractivity contribution in [2.45, 2.75) is 18.3 Å². The molecule has 0 aliphatic carbocycles. The molecule has 96 valence electrons. The molecule has 1 rings (SSSR count). The fourth-order valence-corrected chi connectivity index (χ4v) is 1.59. The molecule has 1 unspecified atom stereocenters. The number of thiol groups is 1. The normalized spacial score (nSPS) is 13.4. The first kappa shape index (κ1) is 14.0. The van der Waals surface area contributed by atoms with Gasteiger partial charge in [-0.15, -0.1) is 0 Å². The Morgan fingerprint density at radius 3 is 2.12 bits per heavy atom. The molecule has 0 radical (unpaired) electrons. The van der Waals surface area contributed by atoms with Gasteiger partial charge in [-0.05, 0) is 24.6 Å². The van der Waals surface area contributed by atoms with Crippen molar-refractivity contribution in [2.24, 2.45) is 0 Å². The number of alkyl halides is 3. The van der Waals surface area contributed by atoms with Crippen LogP contribution in [0.1, 0.15) is 23.3 Å². The topological polar surface area (TPSA) is 18.5 Å². The van der Waals surface area contributed by atoms with Crippen molar-refractivity contribution in [1.29, 1.82) is 0 Å². The molecule has 0 aliphatic heterocycles. The van der Waals surface area contributed by atoms with Crippen molar-refractivity contribution in [3.63, 3.8) is 0 Å². The summed E-state index contributed by atoms with van der Waals surface area (Å²) in [7, 11) is 2.47. The van der Waals surface area contributed by atoms with E-state index in [1.807, 2.05) is 0 Å². The first-order valence-corrected chi connectivity index (χ1v) is 5.34. The molecule has 0 aliphatic rings. The maximum Gasteiger partial charge on any atom is 0.420 e. The molecular weight excluding hydrogens is 253 g/mol. The molecule has 0 N–H and O–H groups in total. The minimum absolute atomic E-state index is 0.0539. The van der Waals surface area contributed by atoms with Crippen LogP contribution in [0.15, 0.2) is 12.1 Å². The van der Waals surface area contributed by atoms with Gasteiger partial charge in [0.25, 0.3) is 0 Å². The van der Waals surface area contributed by atoms with Crippen molar-refractivity contribution < 1.29 is 22.6 Å². The zero-order valence-electron chi connectivity index (χ0n) is 9.63. The molecule has 1 aromatic carbocycles. The quantitative estimate of drug-likeness (QED) is 0.841. The fourth-order valence-electron chi connectivity index (χ4n) is 1.44. The molecule has 0 fully saturated rings. The SMILES string of the molecule is COc1cc(C(C)S)cc(C(F)(F)F)c1OC. The summed E-state index contributed by atoms with van der Waals surface area (Å²) < 4.78 is 48.2. The number of hydrogen-bond acceptors (Lipinski definition) is 3. The highest BCUT2D eigenvalue weighted by atomic mass is 32.1. The van der Waals surface area contributed by atoms with Gasteiger partial charge in [0.05, 0.1) is 14.2 Å². The van der Waals surface area contributed by atoms with Gasteiger partial charge >= 0.3 is 6.18 Å². The summed E-state index contributed by atoms with van der Waals surface area (Å²) in [5.41, 5.74) is -0.423. The van der Waals surface area contributed by atoms with Crippen LogP contribution in [-0.4, -0.2) is 14.2 Å². The average molecular weight is 266 g/mol. The minimum Gasteiger partial charge on any atom is -0.493 e. The van der Waals surface area contributed by atoms with Gasteiger partial charge in [-0.25, -0.2) is 0 Å². The second kappa shape index (κ2) is 5.08. The Balaban J connectivity index is 3.48.